The molecule has 3 amide bonds. The van der Waals surface area contributed by atoms with Gasteiger partial charge in [-0.3, -0.25) is 10.1 Å². The summed E-state index contributed by atoms with van der Waals surface area (Å²) in [5.41, 5.74) is 0.496. The fourth-order valence-corrected chi connectivity index (χ4v) is 4.97. The average Bonchev–Trinajstić information content (AvgIpc) is 3.23. The second kappa shape index (κ2) is 10.2. The molecule has 0 spiro atoms. The molecular weight excluding hydrogens is 511 g/mol. The van der Waals surface area contributed by atoms with E-state index >= 15 is 0 Å². The van der Waals surface area contributed by atoms with Crippen LogP contribution in [0.1, 0.15) is 6.42 Å². The number of aliphatic hydroxyl groups excluding tert-OH is 1. The molecule has 12 heteroatoms. The number of nitrogens with zero attached hydrogens (tertiary/aromatic N) is 2. The molecule has 0 aliphatic carbocycles. The Bertz CT molecular complexity index is 1420. The van der Waals surface area contributed by atoms with Crippen LogP contribution in [0.5, 0.6) is 0 Å². The van der Waals surface area contributed by atoms with Gasteiger partial charge >= 0.3 is 6.03 Å². The normalized spacial score (nSPS) is 17.6. The van der Waals surface area contributed by atoms with Gasteiger partial charge in [0, 0.05) is 31.0 Å². The summed E-state index contributed by atoms with van der Waals surface area (Å²) in [5.74, 6) is -1.26. The van der Waals surface area contributed by atoms with Crippen molar-refractivity contribution in [2.24, 2.45) is 0 Å². The molecule has 1 saturated heterocycles. The number of anilines is 2. The van der Waals surface area contributed by atoms with Gasteiger partial charge in [0.2, 0.25) is 5.91 Å². The standard InChI is InChI=1S/C24H22ClFN4O5S/c1-36(34,35)21-5-3-2-4-17(21)14-6-8-19(18(26)10-14)28-23(32)20-11-16(31)13-30(20)24(33)29-22-9-7-15(25)12-27-22/h2-10,12,16,20,31H,11,13H2,1H3,(H,28,32)(H,27,29,33)/t16-,20-/m1/s1. The summed E-state index contributed by atoms with van der Waals surface area (Å²) in [6.07, 6.45) is 1.44. The lowest BCUT2D eigenvalue weighted by atomic mass is 10.0. The number of benzene rings is 2. The van der Waals surface area contributed by atoms with Crippen molar-refractivity contribution in [3.63, 3.8) is 0 Å². The minimum atomic E-state index is -3.55. The molecule has 0 radical (unpaired) electrons. The van der Waals surface area contributed by atoms with Crippen molar-refractivity contribution >= 4 is 44.9 Å². The van der Waals surface area contributed by atoms with Crippen molar-refractivity contribution in [1.29, 1.82) is 0 Å². The number of nitrogens with one attached hydrogen (secondary N) is 2. The van der Waals surface area contributed by atoms with Crippen LogP contribution in [0.2, 0.25) is 5.02 Å². The van der Waals surface area contributed by atoms with Gasteiger partial charge in [0.1, 0.15) is 17.7 Å². The molecule has 2 aromatic carbocycles. The minimum absolute atomic E-state index is 0.0330. The smallest absolute Gasteiger partial charge is 0.323 e. The molecule has 2 heterocycles. The Balaban J connectivity index is 1.51. The van der Waals surface area contributed by atoms with Crippen molar-refractivity contribution in [3.05, 3.63) is 71.6 Å². The highest BCUT2D eigenvalue weighted by atomic mass is 35.5. The van der Waals surface area contributed by atoms with Crippen molar-refractivity contribution in [2.75, 3.05) is 23.4 Å². The Morgan fingerprint density at radius 1 is 1.14 bits per heavy atom. The number of aromatic nitrogens is 1. The first-order valence-corrected chi connectivity index (χ1v) is 13.1. The van der Waals surface area contributed by atoms with E-state index in [1.807, 2.05) is 0 Å². The average molecular weight is 533 g/mol. The summed E-state index contributed by atoms with van der Waals surface area (Å²) < 4.78 is 39.1. The highest BCUT2D eigenvalue weighted by molar-refractivity contribution is 7.90. The summed E-state index contributed by atoms with van der Waals surface area (Å²) in [6.45, 7) is -0.0960. The number of hydrogen-bond acceptors (Lipinski definition) is 6. The monoisotopic (exact) mass is 532 g/mol. The fourth-order valence-electron chi connectivity index (χ4n) is 3.95. The Kier molecular flexibility index (Phi) is 7.25. The number of sulfone groups is 1. The van der Waals surface area contributed by atoms with Crippen molar-refractivity contribution in [3.8, 4) is 11.1 Å². The molecule has 0 saturated carbocycles. The number of β-amino-alcohol motifs (C(OH)–C–C–N with tert-alkyl or cyclic N) is 1. The Hall–Kier alpha value is -3.54. The number of likely N-dealkylation sites (tertiary alicyclic amines) is 1. The molecule has 1 fully saturated rings. The second-order valence-corrected chi connectivity index (χ2v) is 10.7. The third-order valence-electron chi connectivity index (χ3n) is 5.63. The van der Waals surface area contributed by atoms with Gasteiger partial charge in [-0.1, -0.05) is 35.9 Å². The number of aliphatic hydroxyl groups is 1. The quantitative estimate of drug-likeness (QED) is 0.461. The number of urea groups is 1. The molecule has 1 aromatic heterocycles. The summed E-state index contributed by atoms with van der Waals surface area (Å²) >= 11 is 5.79. The van der Waals surface area contributed by atoms with Gasteiger partial charge in [0.05, 0.1) is 21.7 Å². The van der Waals surface area contributed by atoms with Crippen LogP contribution < -0.4 is 10.6 Å². The number of rotatable bonds is 5. The molecule has 3 aromatic rings. The maximum atomic E-state index is 14.9. The van der Waals surface area contributed by atoms with Crippen LogP contribution in [-0.4, -0.2) is 60.3 Å². The Labute approximate surface area is 211 Å². The molecule has 0 unspecified atom stereocenters. The van der Waals surface area contributed by atoms with E-state index in [4.69, 9.17) is 11.6 Å². The number of carbonyl (C=O) groups excluding carboxylic acids is 2. The SMILES string of the molecule is CS(=O)(=O)c1ccccc1-c1ccc(NC(=O)[C@H]2C[C@@H](O)CN2C(=O)Nc2ccc(Cl)cn2)c(F)c1. The van der Waals surface area contributed by atoms with E-state index in [9.17, 15) is 27.5 Å². The zero-order chi connectivity index (χ0) is 26.0. The first-order valence-electron chi connectivity index (χ1n) is 10.8. The Morgan fingerprint density at radius 3 is 2.56 bits per heavy atom. The predicted molar refractivity (Wildman–Crippen MR) is 133 cm³/mol. The zero-order valence-corrected chi connectivity index (χ0v) is 20.6. The van der Waals surface area contributed by atoms with E-state index in [0.29, 0.717) is 16.1 Å². The lowest BCUT2D eigenvalue weighted by Crippen LogP contribution is -2.45. The summed E-state index contributed by atoms with van der Waals surface area (Å²) in [7, 11) is -3.55. The highest BCUT2D eigenvalue weighted by Gasteiger charge is 2.39. The van der Waals surface area contributed by atoms with E-state index < -0.39 is 39.7 Å². The Morgan fingerprint density at radius 2 is 1.89 bits per heavy atom. The number of halogens is 2. The van der Waals surface area contributed by atoms with Gasteiger partial charge in [-0.05, 0) is 35.9 Å². The van der Waals surface area contributed by atoms with E-state index in [1.54, 1.807) is 18.2 Å². The topological polar surface area (TPSA) is 129 Å². The third-order valence-corrected chi connectivity index (χ3v) is 7.01. The first kappa shape index (κ1) is 25.5. The summed E-state index contributed by atoms with van der Waals surface area (Å²) in [4.78, 5) is 30.8. The van der Waals surface area contributed by atoms with E-state index in [-0.39, 0.29) is 29.4 Å². The van der Waals surface area contributed by atoms with Crippen molar-refractivity contribution in [1.82, 2.24) is 9.88 Å². The summed E-state index contributed by atoms with van der Waals surface area (Å²) in [5, 5.41) is 15.5. The van der Waals surface area contributed by atoms with Crippen LogP contribution in [0.25, 0.3) is 11.1 Å². The number of pyridine rings is 1. The van der Waals surface area contributed by atoms with Crippen LogP contribution in [0.15, 0.2) is 65.7 Å². The van der Waals surface area contributed by atoms with Gasteiger partial charge in [0.15, 0.2) is 9.84 Å². The third kappa shape index (κ3) is 5.64. The maximum absolute atomic E-state index is 14.9. The van der Waals surface area contributed by atoms with Gasteiger partial charge in [-0.2, -0.15) is 0 Å². The molecule has 3 N–H and O–H groups in total. The lowest BCUT2D eigenvalue weighted by Gasteiger charge is -2.24. The maximum Gasteiger partial charge on any atom is 0.323 e. The predicted octanol–water partition coefficient (Wildman–Crippen LogP) is 3.55. The van der Waals surface area contributed by atoms with Crippen LogP contribution in [0, 0.1) is 5.82 Å². The van der Waals surface area contributed by atoms with Crippen LogP contribution in [0.3, 0.4) is 0 Å². The molecule has 36 heavy (non-hydrogen) atoms. The van der Waals surface area contributed by atoms with E-state index in [2.05, 4.69) is 15.6 Å². The fraction of sp³-hybridized carbons (Fsp3) is 0.208. The molecular formula is C24H22ClFN4O5S. The number of hydrogen-bond donors (Lipinski definition) is 3. The van der Waals surface area contributed by atoms with Crippen molar-refractivity contribution in [2.45, 2.75) is 23.5 Å². The molecule has 1 aliphatic heterocycles. The van der Waals surface area contributed by atoms with Gasteiger partial charge in [0.25, 0.3) is 0 Å². The van der Waals surface area contributed by atoms with Gasteiger partial charge in [-0.15, -0.1) is 0 Å². The molecule has 188 valence electrons. The number of carbonyl (C=O) groups is 2. The molecule has 0 bridgehead atoms. The van der Waals surface area contributed by atoms with E-state index in [1.165, 1.54) is 36.5 Å². The van der Waals surface area contributed by atoms with Crippen LogP contribution in [0.4, 0.5) is 20.7 Å². The lowest BCUT2D eigenvalue weighted by molar-refractivity contribution is -0.119. The molecule has 4 rings (SSSR count). The molecule has 9 nitrogen and oxygen atoms in total. The molecule has 1 aliphatic rings. The van der Waals surface area contributed by atoms with Crippen LogP contribution >= 0.6 is 11.6 Å². The minimum Gasteiger partial charge on any atom is -0.391 e. The first-order chi connectivity index (χ1) is 17.0. The van der Waals surface area contributed by atoms with E-state index in [0.717, 1.165) is 17.2 Å². The van der Waals surface area contributed by atoms with Crippen LogP contribution in [-0.2, 0) is 14.6 Å². The van der Waals surface area contributed by atoms with Crippen molar-refractivity contribution < 1.29 is 27.5 Å². The molecule has 2 atom stereocenters. The highest BCUT2D eigenvalue weighted by Crippen LogP contribution is 2.30. The van der Waals surface area contributed by atoms with Gasteiger partial charge in [-0.25, -0.2) is 22.6 Å². The number of amides is 3. The zero-order valence-electron chi connectivity index (χ0n) is 19.0. The summed E-state index contributed by atoms with van der Waals surface area (Å²) in [6, 6.07) is 11.4. The van der Waals surface area contributed by atoms with Gasteiger partial charge < -0.3 is 15.3 Å². The largest absolute Gasteiger partial charge is 0.391 e. The second-order valence-electron chi connectivity index (χ2n) is 8.30.